The smallest absolute Gasteiger partial charge is 0.315 e. The van der Waals surface area contributed by atoms with Gasteiger partial charge in [0.15, 0.2) is 0 Å². The molecule has 0 spiro atoms. The summed E-state index contributed by atoms with van der Waals surface area (Å²) in [4.78, 5) is 32.1. The highest BCUT2D eigenvalue weighted by molar-refractivity contribution is 7.89. The number of amides is 2. The van der Waals surface area contributed by atoms with Gasteiger partial charge in [0.1, 0.15) is 17.7 Å². The quantitative estimate of drug-likeness (QED) is 0.0977. The Labute approximate surface area is 389 Å². The number of aliphatic hydroxyl groups excluding tert-OH is 1. The predicted molar refractivity (Wildman–Crippen MR) is 245 cm³/mol. The van der Waals surface area contributed by atoms with E-state index in [4.69, 9.17) is 15.1 Å². The van der Waals surface area contributed by atoms with E-state index in [1.54, 1.807) is 36.4 Å². The Morgan fingerprint density at radius 2 is 1.12 bits per heavy atom. The number of rotatable bonds is 12. The molecule has 0 bridgehead atoms. The number of halogens is 4. The van der Waals surface area contributed by atoms with Crippen molar-refractivity contribution in [3.8, 4) is 0 Å². The largest absolute Gasteiger partial charge is 0.395 e. The zero-order valence-corrected chi connectivity index (χ0v) is 40.6. The van der Waals surface area contributed by atoms with Crippen LogP contribution in [0.5, 0.6) is 0 Å². The Kier molecular flexibility index (Phi) is 14.3. The van der Waals surface area contributed by atoms with E-state index in [1.165, 1.54) is 8.61 Å². The lowest BCUT2D eigenvalue weighted by atomic mass is 9.86. The van der Waals surface area contributed by atoms with E-state index in [1.807, 2.05) is 41.5 Å². The van der Waals surface area contributed by atoms with Crippen molar-refractivity contribution >= 4 is 48.1 Å². The first-order valence-corrected chi connectivity index (χ1v) is 25.8. The third-order valence-corrected chi connectivity index (χ3v) is 16.8. The van der Waals surface area contributed by atoms with Crippen molar-refractivity contribution in [3.63, 3.8) is 0 Å². The molecule has 0 unspecified atom stereocenters. The van der Waals surface area contributed by atoms with E-state index in [0.29, 0.717) is 49.8 Å². The Balaban J connectivity index is 0.000000201. The molecule has 370 valence electrons. The number of imidazole rings is 2. The van der Waals surface area contributed by atoms with E-state index in [2.05, 4.69) is 24.9 Å². The molecule has 0 radical (unpaired) electrons. The van der Waals surface area contributed by atoms with Crippen molar-refractivity contribution in [2.45, 2.75) is 151 Å². The lowest BCUT2D eigenvalue weighted by molar-refractivity contribution is -0.0478. The second-order valence-electron chi connectivity index (χ2n) is 20.7. The zero-order valence-electron chi connectivity index (χ0n) is 38.9. The lowest BCUT2D eigenvalue weighted by Crippen LogP contribution is -2.62. The number of sulfonamides is 2. The monoisotopic (exact) mass is 981 g/mol. The molecule has 4 aliphatic rings. The molecule has 2 saturated carbocycles. The van der Waals surface area contributed by atoms with Crippen LogP contribution in [0.2, 0.25) is 0 Å². The number of nitroso groups, excluding NO2 is 1. The minimum atomic E-state index is -3.77. The second-order valence-corrected chi connectivity index (χ2v) is 24.6. The number of benzene rings is 2. The standard InChI is InChI=1S/C24H35F2N5O4S.C21H28F2N4O3S/c1-23(2,3)21-29-19-12-18(36(34,35)30-14-17(15-30)28-22(33)27-10-11-32)4-5-20(19)31(21)13-16-6-8-24(25,26)9-7-16;1-20(2,3)19-24-17-10-16(31(29,30)26-12-15(13-26)25-28)4-5-18(17)27(19)11-14-6-8-21(22,23)9-7-14/h4-5,12,16-17,32H,6-11,13-15H2,1-3H3,(H2,27,28,33);4-5,10,14-15H,6-9,11-13H2,1-3H3. The highest BCUT2D eigenvalue weighted by Gasteiger charge is 2.41. The predicted octanol–water partition coefficient (Wildman–Crippen LogP) is 7.12. The van der Waals surface area contributed by atoms with E-state index >= 15 is 0 Å². The summed E-state index contributed by atoms with van der Waals surface area (Å²) in [6.07, 6.45) is 1.43. The van der Waals surface area contributed by atoms with Gasteiger partial charge in [-0.25, -0.2) is 49.2 Å². The molecule has 67 heavy (non-hydrogen) atoms. The number of aliphatic hydroxyl groups is 1. The molecule has 0 atom stereocenters. The molecule has 4 fully saturated rings. The number of fused-ring (bicyclic) bond motifs is 2. The Hall–Kier alpha value is -4.25. The summed E-state index contributed by atoms with van der Waals surface area (Å²) < 4.78 is 113. The maximum Gasteiger partial charge on any atom is 0.315 e. The maximum absolute atomic E-state index is 13.7. The Morgan fingerprint density at radius 1 is 0.716 bits per heavy atom. The number of carbonyl (C=O) groups is 1. The molecule has 3 N–H and O–H groups in total. The van der Waals surface area contributed by atoms with Crippen molar-refractivity contribution < 1.29 is 44.3 Å². The van der Waals surface area contributed by atoms with Gasteiger partial charge in [-0.3, -0.25) is 0 Å². The van der Waals surface area contributed by atoms with Crippen molar-refractivity contribution in [1.82, 2.24) is 38.3 Å². The molecule has 4 heterocycles. The van der Waals surface area contributed by atoms with E-state index in [9.17, 15) is 44.1 Å². The first-order valence-electron chi connectivity index (χ1n) is 23.0. The lowest BCUT2D eigenvalue weighted by Gasteiger charge is -2.38. The molecule has 22 heteroatoms. The molecule has 2 amide bonds. The van der Waals surface area contributed by atoms with Crippen LogP contribution in [0.1, 0.15) is 105 Å². The topological polar surface area (TPSA) is 201 Å². The van der Waals surface area contributed by atoms with Gasteiger partial charge >= 0.3 is 6.03 Å². The fourth-order valence-corrected chi connectivity index (χ4v) is 12.3. The minimum Gasteiger partial charge on any atom is -0.395 e. The summed E-state index contributed by atoms with van der Waals surface area (Å²) in [6.45, 7) is 13.8. The van der Waals surface area contributed by atoms with Crippen LogP contribution in [-0.2, 0) is 44.0 Å². The van der Waals surface area contributed by atoms with Gasteiger partial charge in [-0.1, -0.05) is 46.7 Å². The minimum absolute atomic E-state index is 0.0932. The van der Waals surface area contributed by atoms with Gasteiger partial charge in [0.2, 0.25) is 31.9 Å². The van der Waals surface area contributed by atoms with Crippen LogP contribution >= 0.6 is 0 Å². The number of hydrogen-bond donors (Lipinski definition) is 3. The number of nitrogens with one attached hydrogen (secondary N) is 2. The maximum atomic E-state index is 13.7. The fourth-order valence-electron chi connectivity index (χ4n) is 9.25. The third kappa shape index (κ3) is 11.3. The van der Waals surface area contributed by atoms with Crippen LogP contribution in [0.4, 0.5) is 22.4 Å². The average Bonchev–Trinajstić information content (AvgIpc) is 3.77. The van der Waals surface area contributed by atoms with Gasteiger partial charge in [-0.05, 0) is 73.9 Å². The molecule has 8 rings (SSSR count). The average molecular weight is 982 g/mol. The number of urea groups is 1. The summed E-state index contributed by atoms with van der Waals surface area (Å²) in [6, 6.07) is 8.49. The van der Waals surface area contributed by atoms with Crippen LogP contribution in [0.15, 0.2) is 51.4 Å². The van der Waals surface area contributed by atoms with Crippen molar-refractivity contribution in [2.75, 3.05) is 39.3 Å². The van der Waals surface area contributed by atoms with Gasteiger partial charge in [0, 0.05) is 82.3 Å². The van der Waals surface area contributed by atoms with Crippen molar-refractivity contribution in [2.24, 2.45) is 17.0 Å². The molecule has 2 aromatic heterocycles. The summed E-state index contributed by atoms with van der Waals surface area (Å²) in [5.74, 6) is -3.30. The van der Waals surface area contributed by atoms with E-state index in [0.717, 1.165) is 22.7 Å². The summed E-state index contributed by atoms with van der Waals surface area (Å²) in [7, 11) is -7.48. The molecule has 2 saturated heterocycles. The van der Waals surface area contributed by atoms with Gasteiger partial charge < -0.3 is 24.9 Å². The normalized spacial score (nSPS) is 20.5. The number of hydrogen-bond acceptors (Lipinski definition) is 10. The highest BCUT2D eigenvalue weighted by Crippen LogP contribution is 2.40. The molecular formula is C45H63F4N9O7S2. The SMILES string of the molecule is CC(C)(C)c1nc2cc(S(=O)(=O)N3CC(N=O)C3)ccc2n1CC1CCC(F)(F)CC1.CC(C)(C)c1nc2cc(S(=O)(=O)N3CC(NC(=O)NCCO)C3)ccc2n1CC1CCC(F)(F)CC1. The number of nitrogens with zero attached hydrogens (tertiary/aromatic N) is 7. The van der Waals surface area contributed by atoms with E-state index in [-0.39, 0.29) is 104 Å². The first-order chi connectivity index (χ1) is 31.2. The van der Waals surface area contributed by atoms with Crippen LogP contribution in [0.3, 0.4) is 0 Å². The summed E-state index contributed by atoms with van der Waals surface area (Å²) in [5, 5.41) is 16.8. The van der Waals surface area contributed by atoms with E-state index < -0.39 is 44.0 Å². The van der Waals surface area contributed by atoms with Crippen LogP contribution in [0.25, 0.3) is 22.1 Å². The number of carbonyl (C=O) groups excluding carboxylic acids is 1. The molecule has 2 aliphatic heterocycles. The third-order valence-electron chi connectivity index (χ3n) is 13.2. The molecular weight excluding hydrogens is 919 g/mol. The molecule has 4 aromatic rings. The van der Waals surface area contributed by atoms with Crippen LogP contribution in [0, 0.1) is 16.7 Å². The van der Waals surface area contributed by atoms with Crippen LogP contribution < -0.4 is 10.6 Å². The molecule has 16 nitrogen and oxygen atoms in total. The van der Waals surface area contributed by atoms with Crippen molar-refractivity contribution in [3.05, 3.63) is 53.0 Å². The summed E-state index contributed by atoms with van der Waals surface area (Å²) in [5.41, 5.74) is 2.11. The van der Waals surface area contributed by atoms with Gasteiger partial charge in [0.25, 0.3) is 0 Å². The van der Waals surface area contributed by atoms with Crippen molar-refractivity contribution in [1.29, 1.82) is 0 Å². The fraction of sp³-hybridized carbons (Fsp3) is 0.667. The number of alkyl halides is 4. The van der Waals surface area contributed by atoms with Gasteiger partial charge in [0.05, 0.1) is 44.5 Å². The Bertz CT molecular complexity index is 2670. The first kappa shape index (κ1) is 50.6. The molecule has 2 aromatic carbocycles. The highest BCUT2D eigenvalue weighted by atomic mass is 32.2. The van der Waals surface area contributed by atoms with Gasteiger partial charge in [-0.2, -0.15) is 13.5 Å². The Morgan fingerprint density at radius 3 is 1.49 bits per heavy atom. The second kappa shape index (κ2) is 18.9. The zero-order chi connectivity index (χ0) is 48.9. The van der Waals surface area contributed by atoms with Gasteiger partial charge in [-0.15, -0.1) is 0 Å². The van der Waals surface area contributed by atoms with Crippen LogP contribution in [-0.4, -0.2) is 119 Å². The summed E-state index contributed by atoms with van der Waals surface area (Å²) >= 11 is 0. The number of aromatic nitrogens is 4. The molecule has 2 aliphatic carbocycles.